The van der Waals surface area contributed by atoms with E-state index in [9.17, 15) is 9.59 Å². The zero-order valence-electron chi connectivity index (χ0n) is 15.1. The number of aryl methyl sites for hydroxylation is 3. The highest BCUT2D eigenvalue weighted by molar-refractivity contribution is 6.15. The number of nitrogens with zero attached hydrogens (tertiary/aromatic N) is 2. The third-order valence-electron chi connectivity index (χ3n) is 4.26. The van der Waals surface area contributed by atoms with E-state index >= 15 is 0 Å². The van der Waals surface area contributed by atoms with E-state index in [0.717, 1.165) is 17.0 Å². The first-order chi connectivity index (χ1) is 12.5. The average molecular weight is 347 g/mol. The summed E-state index contributed by atoms with van der Waals surface area (Å²) >= 11 is 0. The highest BCUT2D eigenvalue weighted by Gasteiger charge is 2.18. The molecule has 0 saturated heterocycles. The van der Waals surface area contributed by atoms with Crippen LogP contribution in [0, 0.1) is 13.8 Å². The maximum atomic E-state index is 12.8. The van der Waals surface area contributed by atoms with Gasteiger partial charge in [-0.1, -0.05) is 48.0 Å². The summed E-state index contributed by atoms with van der Waals surface area (Å²) in [6, 6.07) is 16.1. The summed E-state index contributed by atoms with van der Waals surface area (Å²) in [5.41, 5.74) is 4.22. The van der Waals surface area contributed by atoms with Crippen LogP contribution in [0.4, 0.5) is 0 Å². The van der Waals surface area contributed by atoms with Crippen molar-refractivity contribution in [1.82, 2.24) is 15.1 Å². The molecule has 5 nitrogen and oxygen atoms in total. The first-order valence-corrected chi connectivity index (χ1v) is 8.44. The fourth-order valence-corrected chi connectivity index (χ4v) is 2.84. The molecule has 26 heavy (non-hydrogen) atoms. The predicted octanol–water partition coefficient (Wildman–Crippen LogP) is 3.20. The van der Waals surface area contributed by atoms with Gasteiger partial charge in [0.05, 0.1) is 23.5 Å². The van der Waals surface area contributed by atoms with Crippen molar-refractivity contribution >= 4 is 11.7 Å². The van der Waals surface area contributed by atoms with E-state index in [1.54, 1.807) is 41.1 Å². The molecule has 0 spiro atoms. The molecule has 1 amide bonds. The molecule has 0 saturated carbocycles. The standard InChI is InChI=1S/C21H21N3O2/c1-14-8-10-16(11-9-14)20(25)18-6-4-5-7-19(18)21(26)22-13-17-12-15(2)23-24(17)3/h4-12H,13H2,1-3H3,(H,22,26). The number of hydrogen-bond acceptors (Lipinski definition) is 3. The van der Waals surface area contributed by atoms with Crippen LogP contribution in [0.15, 0.2) is 54.6 Å². The van der Waals surface area contributed by atoms with Gasteiger partial charge >= 0.3 is 0 Å². The summed E-state index contributed by atoms with van der Waals surface area (Å²) in [5.74, 6) is -0.438. The fraction of sp³-hybridized carbons (Fsp3) is 0.190. The number of hydrogen-bond donors (Lipinski definition) is 1. The Balaban J connectivity index is 1.82. The SMILES string of the molecule is Cc1ccc(C(=O)c2ccccc2C(=O)NCc2cc(C)nn2C)cc1. The van der Waals surface area contributed by atoms with Crippen molar-refractivity contribution in [1.29, 1.82) is 0 Å². The average Bonchev–Trinajstić information content (AvgIpc) is 2.97. The zero-order chi connectivity index (χ0) is 18.7. The predicted molar refractivity (Wildman–Crippen MR) is 100 cm³/mol. The van der Waals surface area contributed by atoms with Gasteiger partial charge in [-0.25, -0.2) is 0 Å². The normalized spacial score (nSPS) is 10.6. The van der Waals surface area contributed by atoms with Gasteiger partial charge in [0.2, 0.25) is 0 Å². The number of benzene rings is 2. The number of nitrogens with one attached hydrogen (secondary N) is 1. The summed E-state index contributed by atoms with van der Waals surface area (Å²) in [6.45, 7) is 4.22. The first kappa shape index (κ1) is 17.6. The Labute approximate surface area is 152 Å². The summed E-state index contributed by atoms with van der Waals surface area (Å²) in [7, 11) is 1.84. The van der Waals surface area contributed by atoms with Gasteiger partial charge in [-0.3, -0.25) is 14.3 Å². The van der Waals surface area contributed by atoms with Crippen LogP contribution < -0.4 is 5.32 Å². The zero-order valence-corrected chi connectivity index (χ0v) is 15.1. The Hall–Kier alpha value is -3.21. The van der Waals surface area contributed by atoms with Crippen LogP contribution >= 0.6 is 0 Å². The summed E-state index contributed by atoms with van der Waals surface area (Å²) in [5, 5.41) is 7.14. The molecule has 1 heterocycles. The molecule has 1 N–H and O–H groups in total. The lowest BCUT2D eigenvalue weighted by Gasteiger charge is -2.10. The Bertz CT molecular complexity index is 956. The van der Waals surface area contributed by atoms with Gasteiger partial charge in [-0.15, -0.1) is 0 Å². The summed E-state index contributed by atoms with van der Waals surface area (Å²) < 4.78 is 1.74. The largest absolute Gasteiger partial charge is 0.346 e. The number of ketones is 1. The van der Waals surface area contributed by atoms with Crippen molar-refractivity contribution < 1.29 is 9.59 Å². The second-order valence-corrected chi connectivity index (χ2v) is 6.32. The van der Waals surface area contributed by atoms with Crippen LogP contribution in [0.25, 0.3) is 0 Å². The van der Waals surface area contributed by atoms with Gasteiger partial charge < -0.3 is 5.32 Å². The minimum absolute atomic E-state index is 0.160. The monoisotopic (exact) mass is 347 g/mol. The molecule has 0 unspecified atom stereocenters. The maximum Gasteiger partial charge on any atom is 0.252 e. The Morgan fingerprint density at radius 2 is 1.65 bits per heavy atom. The third-order valence-corrected chi connectivity index (χ3v) is 4.26. The van der Waals surface area contributed by atoms with E-state index in [0.29, 0.717) is 23.2 Å². The maximum absolute atomic E-state index is 12.8. The highest BCUT2D eigenvalue weighted by atomic mass is 16.2. The topological polar surface area (TPSA) is 64.0 Å². The molecule has 0 aliphatic rings. The molecule has 5 heteroatoms. The number of carbonyl (C=O) groups excluding carboxylic acids is 2. The molecule has 0 radical (unpaired) electrons. The van der Waals surface area contributed by atoms with Crippen LogP contribution in [0.3, 0.4) is 0 Å². The quantitative estimate of drug-likeness (QED) is 0.721. The van der Waals surface area contributed by atoms with E-state index < -0.39 is 0 Å². The smallest absolute Gasteiger partial charge is 0.252 e. The fourth-order valence-electron chi connectivity index (χ4n) is 2.84. The van der Waals surface area contributed by atoms with E-state index in [-0.39, 0.29) is 11.7 Å². The molecule has 0 aliphatic heterocycles. The van der Waals surface area contributed by atoms with E-state index in [1.807, 2.05) is 39.1 Å². The van der Waals surface area contributed by atoms with Crippen LogP contribution in [0.5, 0.6) is 0 Å². The van der Waals surface area contributed by atoms with Crippen LogP contribution in [0.2, 0.25) is 0 Å². The van der Waals surface area contributed by atoms with Crippen molar-refractivity contribution in [3.05, 3.63) is 88.2 Å². The lowest BCUT2D eigenvalue weighted by atomic mass is 9.97. The molecule has 0 aliphatic carbocycles. The van der Waals surface area contributed by atoms with Crippen LogP contribution in [-0.4, -0.2) is 21.5 Å². The second kappa shape index (κ2) is 7.35. The first-order valence-electron chi connectivity index (χ1n) is 8.44. The number of aromatic nitrogens is 2. The lowest BCUT2D eigenvalue weighted by molar-refractivity contribution is 0.0939. The van der Waals surface area contributed by atoms with Gasteiger partial charge in [0.25, 0.3) is 5.91 Å². The molecule has 2 aromatic carbocycles. The highest BCUT2D eigenvalue weighted by Crippen LogP contribution is 2.16. The van der Waals surface area contributed by atoms with Gasteiger partial charge in [0.15, 0.2) is 5.78 Å². The van der Waals surface area contributed by atoms with Gasteiger partial charge in [0.1, 0.15) is 0 Å². The van der Waals surface area contributed by atoms with Crippen molar-refractivity contribution in [3.8, 4) is 0 Å². The molecule has 0 fully saturated rings. The molecular formula is C21H21N3O2. The van der Waals surface area contributed by atoms with Gasteiger partial charge in [-0.2, -0.15) is 5.10 Å². The van der Waals surface area contributed by atoms with Crippen LogP contribution in [-0.2, 0) is 13.6 Å². The molecular weight excluding hydrogens is 326 g/mol. The van der Waals surface area contributed by atoms with Crippen molar-refractivity contribution in [2.75, 3.05) is 0 Å². The Morgan fingerprint density at radius 3 is 2.27 bits per heavy atom. The van der Waals surface area contributed by atoms with E-state index in [2.05, 4.69) is 10.4 Å². The molecule has 132 valence electrons. The number of rotatable bonds is 5. The van der Waals surface area contributed by atoms with E-state index in [1.165, 1.54) is 0 Å². The molecule has 0 bridgehead atoms. The summed E-state index contributed by atoms with van der Waals surface area (Å²) in [4.78, 5) is 25.5. The van der Waals surface area contributed by atoms with Gasteiger partial charge in [0, 0.05) is 18.2 Å². The Morgan fingerprint density at radius 1 is 1.00 bits per heavy atom. The minimum Gasteiger partial charge on any atom is -0.346 e. The van der Waals surface area contributed by atoms with Crippen molar-refractivity contribution in [2.45, 2.75) is 20.4 Å². The third kappa shape index (κ3) is 3.72. The van der Waals surface area contributed by atoms with Crippen molar-refractivity contribution in [3.63, 3.8) is 0 Å². The van der Waals surface area contributed by atoms with E-state index in [4.69, 9.17) is 0 Å². The number of carbonyl (C=O) groups is 2. The second-order valence-electron chi connectivity index (χ2n) is 6.32. The molecule has 3 aromatic rings. The minimum atomic E-state index is -0.278. The Kier molecular flexibility index (Phi) is 4.98. The molecule has 1 aromatic heterocycles. The number of amides is 1. The van der Waals surface area contributed by atoms with Gasteiger partial charge in [-0.05, 0) is 26.0 Å². The lowest BCUT2D eigenvalue weighted by Crippen LogP contribution is -2.26. The summed E-state index contributed by atoms with van der Waals surface area (Å²) in [6.07, 6.45) is 0. The molecule has 0 atom stereocenters. The van der Waals surface area contributed by atoms with Crippen molar-refractivity contribution in [2.24, 2.45) is 7.05 Å². The molecule has 3 rings (SSSR count). The van der Waals surface area contributed by atoms with Crippen LogP contribution in [0.1, 0.15) is 43.2 Å².